The molecule has 1 unspecified atom stereocenters. The molecular formula is C12H12BrClN2S. The Bertz CT molecular complexity index is 487. The average molecular weight is 332 g/mol. The Morgan fingerprint density at radius 2 is 2.35 bits per heavy atom. The first-order valence-corrected chi connectivity index (χ1v) is 7.26. The summed E-state index contributed by atoms with van der Waals surface area (Å²) in [5.74, 6) is 0. The van der Waals surface area contributed by atoms with Crippen molar-refractivity contribution in [2.75, 3.05) is 7.05 Å². The minimum Gasteiger partial charge on any atom is -0.313 e. The van der Waals surface area contributed by atoms with Crippen molar-refractivity contribution in [3.05, 3.63) is 49.8 Å². The van der Waals surface area contributed by atoms with Gasteiger partial charge in [-0.2, -0.15) is 0 Å². The fourth-order valence-corrected chi connectivity index (χ4v) is 2.74. The third-order valence-electron chi connectivity index (χ3n) is 2.56. The van der Waals surface area contributed by atoms with Crippen LogP contribution in [-0.2, 0) is 6.42 Å². The summed E-state index contributed by atoms with van der Waals surface area (Å²) in [4.78, 5) is 4.31. The number of nitrogens with zero attached hydrogens (tertiary/aromatic N) is 1. The van der Waals surface area contributed by atoms with Crippen molar-refractivity contribution in [2.45, 2.75) is 12.5 Å². The van der Waals surface area contributed by atoms with Gasteiger partial charge >= 0.3 is 0 Å². The van der Waals surface area contributed by atoms with Gasteiger partial charge < -0.3 is 5.32 Å². The molecule has 0 amide bonds. The number of hydrogen-bond acceptors (Lipinski definition) is 3. The van der Waals surface area contributed by atoms with Gasteiger partial charge in [0.15, 0.2) is 0 Å². The largest absolute Gasteiger partial charge is 0.313 e. The zero-order chi connectivity index (χ0) is 12.3. The third-order valence-corrected chi connectivity index (χ3v) is 4.59. The van der Waals surface area contributed by atoms with Gasteiger partial charge in [0.05, 0.1) is 10.0 Å². The highest BCUT2D eigenvalue weighted by Gasteiger charge is 2.12. The number of hydrogen-bond donors (Lipinski definition) is 1. The molecular weight excluding hydrogens is 320 g/mol. The summed E-state index contributed by atoms with van der Waals surface area (Å²) >= 11 is 11.2. The van der Waals surface area contributed by atoms with Crippen molar-refractivity contribution in [1.29, 1.82) is 0 Å². The van der Waals surface area contributed by atoms with E-state index in [2.05, 4.69) is 32.3 Å². The van der Waals surface area contributed by atoms with Gasteiger partial charge in [0, 0.05) is 28.5 Å². The molecule has 0 bridgehead atoms. The van der Waals surface area contributed by atoms with Gasteiger partial charge in [0.25, 0.3) is 0 Å². The normalized spacial score (nSPS) is 12.6. The van der Waals surface area contributed by atoms with Gasteiger partial charge in [0.2, 0.25) is 0 Å². The van der Waals surface area contributed by atoms with E-state index >= 15 is 0 Å². The van der Waals surface area contributed by atoms with Crippen molar-refractivity contribution >= 4 is 38.9 Å². The topological polar surface area (TPSA) is 24.9 Å². The Kier molecular flexibility index (Phi) is 4.56. The summed E-state index contributed by atoms with van der Waals surface area (Å²) in [6.07, 6.45) is 2.72. The summed E-state index contributed by atoms with van der Waals surface area (Å²) in [6, 6.07) is 6.28. The van der Waals surface area contributed by atoms with Gasteiger partial charge in [0.1, 0.15) is 0 Å². The van der Waals surface area contributed by atoms with Crippen LogP contribution in [0.3, 0.4) is 0 Å². The van der Waals surface area contributed by atoms with Crippen LogP contribution in [0.2, 0.25) is 5.02 Å². The lowest BCUT2D eigenvalue weighted by molar-refractivity contribution is 0.590. The zero-order valence-electron chi connectivity index (χ0n) is 9.28. The first-order valence-electron chi connectivity index (χ1n) is 5.21. The summed E-state index contributed by atoms with van der Waals surface area (Å²) in [6.45, 7) is 0. The van der Waals surface area contributed by atoms with Crippen LogP contribution in [0, 0.1) is 0 Å². The molecule has 0 aliphatic carbocycles. The fraction of sp³-hybridized carbons (Fsp3) is 0.250. The van der Waals surface area contributed by atoms with Crippen molar-refractivity contribution in [2.24, 2.45) is 0 Å². The van der Waals surface area contributed by atoms with Crippen LogP contribution in [0.25, 0.3) is 0 Å². The first kappa shape index (κ1) is 13.0. The van der Waals surface area contributed by atoms with Gasteiger partial charge in [-0.3, -0.25) is 0 Å². The molecule has 17 heavy (non-hydrogen) atoms. The SMILES string of the molecule is CNC(Cc1nccs1)c1ccc(Br)c(Cl)c1. The summed E-state index contributed by atoms with van der Waals surface area (Å²) < 4.78 is 0.923. The van der Waals surface area contributed by atoms with Gasteiger partial charge in [-0.15, -0.1) is 11.3 Å². The van der Waals surface area contributed by atoms with Gasteiger partial charge in [-0.1, -0.05) is 17.7 Å². The van der Waals surface area contributed by atoms with E-state index in [1.807, 2.05) is 30.8 Å². The second kappa shape index (κ2) is 5.96. The molecule has 2 rings (SSSR count). The Balaban J connectivity index is 2.20. The van der Waals surface area contributed by atoms with Crippen molar-refractivity contribution < 1.29 is 0 Å². The van der Waals surface area contributed by atoms with Crippen LogP contribution in [-0.4, -0.2) is 12.0 Å². The lowest BCUT2D eigenvalue weighted by Gasteiger charge is -2.15. The van der Waals surface area contributed by atoms with E-state index in [1.54, 1.807) is 11.3 Å². The number of rotatable bonds is 4. The minimum absolute atomic E-state index is 0.242. The molecule has 0 radical (unpaired) electrons. The maximum atomic E-state index is 6.11. The number of thiazole rings is 1. The summed E-state index contributed by atoms with van der Waals surface area (Å²) in [5.41, 5.74) is 1.18. The molecule has 0 aliphatic heterocycles. The monoisotopic (exact) mass is 330 g/mol. The van der Waals surface area contributed by atoms with Gasteiger partial charge in [-0.25, -0.2) is 4.98 Å². The quantitative estimate of drug-likeness (QED) is 0.914. The first-order chi connectivity index (χ1) is 8.20. The second-order valence-electron chi connectivity index (χ2n) is 3.64. The Labute approximate surface area is 118 Å². The van der Waals surface area contributed by atoms with Crippen LogP contribution in [0.1, 0.15) is 16.6 Å². The molecule has 5 heteroatoms. The Hall–Kier alpha value is -0.420. The van der Waals surface area contributed by atoms with Gasteiger partial charge in [-0.05, 0) is 40.7 Å². The summed E-state index contributed by atoms with van der Waals surface area (Å²) in [5, 5.41) is 7.16. The molecule has 1 aromatic heterocycles. The molecule has 0 saturated carbocycles. The molecule has 1 aromatic carbocycles. The highest BCUT2D eigenvalue weighted by Crippen LogP contribution is 2.27. The van der Waals surface area contributed by atoms with Crippen molar-refractivity contribution in [1.82, 2.24) is 10.3 Å². The number of benzene rings is 1. The highest BCUT2D eigenvalue weighted by atomic mass is 79.9. The number of aromatic nitrogens is 1. The van der Waals surface area contributed by atoms with Crippen molar-refractivity contribution in [3.8, 4) is 0 Å². The molecule has 90 valence electrons. The van der Waals surface area contributed by atoms with Crippen LogP contribution in [0.5, 0.6) is 0 Å². The summed E-state index contributed by atoms with van der Waals surface area (Å²) in [7, 11) is 1.95. The lowest BCUT2D eigenvalue weighted by Crippen LogP contribution is -2.18. The van der Waals surface area contributed by atoms with Crippen LogP contribution >= 0.6 is 38.9 Å². The molecule has 2 aromatic rings. The molecule has 0 fully saturated rings. The molecule has 0 spiro atoms. The molecule has 2 nitrogen and oxygen atoms in total. The number of halogens is 2. The fourth-order valence-electron chi connectivity index (χ4n) is 1.64. The minimum atomic E-state index is 0.242. The van der Waals surface area contributed by atoms with E-state index < -0.39 is 0 Å². The Morgan fingerprint density at radius 3 is 2.94 bits per heavy atom. The van der Waals surface area contributed by atoms with E-state index in [1.165, 1.54) is 5.56 Å². The predicted molar refractivity (Wildman–Crippen MR) is 76.8 cm³/mol. The molecule has 0 aliphatic rings. The standard InChI is InChI=1S/C12H12BrClN2S/c1-15-11(7-12-16-4-5-17-12)8-2-3-9(13)10(14)6-8/h2-6,11,15H,7H2,1H3. The maximum Gasteiger partial charge on any atom is 0.0943 e. The van der Waals surface area contributed by atoms with E-state index in [0.717, 1.165) is 20.9 Å². The van der Waals surface area contributed by atoms with E-state index in [9.17, 15) is 0 Å². The zero-order valence-corrected chi connectivity index (χ0v) is 12.4. The smallest absolute Gasteiger partial charge is 0.0943 e. The number of likely N-dealkylation sites (N-methyl/N-ethyl adjacent to an activating group) is 1. The maximum absolute atomic E-state index is 6.11. The van der Waals surface area contributed by atoms with Crippen LogP contribution in [0.4, 0.5) is 0 Å². The molecule has 0 saturated heterocycles. The second-order valence-corrected chi connectivity index (χ2v) is 5.89. The third kappa shape index (κ3) is 3.28. The van der Waals surface area contributed by atoms with E-state index in [4.69, 9.17) is 11.6 Å². The Morgan fingerprint density at radius 1 is 1.53 bits per heavy atom. The molecule has 1 atom stereocenters. The lowest BCUT2D eigenvalue weighted by atomic mass is 10.0. The van der Waals surface area contributed by atoms with E-state index in [-0.39, 0.29) is 6.04 Å². The predicted octanol–water partition coefficient (Wildman–Crippen LogP) is 4.06. The van der Waals surface area contributed by atoms with E-state index in [0.29, 0.717) is 0 Å². The highest BCUT2D eigenvalue weighted by molar-refractivity contribution is 9.10. The molecule has 1 N–H and O–H groups in total. The van der Waals surface area contributed by atoms with Crippen LogP contribution in [0.15, 0.2) is 34.2 Å². The average Bonchev–Trinajstić information content (AvgIpc) is 2.82. The van der Waals surface area contributed by atoms with Crippen molar-refractivity contribution in [3.63, 3.8) is 0 Å². The molecule has 1 heterocycles. The number of nitrogens with one attached hydrogen (secondary N) is 1. The van der Waals surface area contributed by atoms with Crippen LogP contribution < -0.4 is 5.32 Å².